The molecule has 0 spiro atoms. The maximum atomic E-state index is 12.0. The van der Waals surface area contributed by atoms with Crippen LogP contribution in [0.3, 0.4) is 0 Å². The van der Waals surface area contributed by atoms with Gasteiger partial charge in [-0.15, -0.1) is 0 Å². The molecule has 0 N–H and O–H groups in total. The molecule has 0 bridgehead atoms. The van der Waals surface area contributed by atoms with Crippen LogP contribution in [0.25, 0.3) is 11.1 Å². The Kier molecular flexibility index (Phi) is 6.47. The molecule has 0 amide bonds. The van der Waals surface area contributed by atoms with E-state index in [0.717, 1.165) is 22.6 Å². The SMILES string of the molecule is COc1ccc(OCCCC(=O)Oc2ccc(-c3ccccc3)cc2)cc1. The molecule has 4 nitrogen and oxygen atoms in total. The van der Waals surface area contributed by atoms with Crippen molar-refractivity contribution < 1.29 is 19.0 Å². The molecule has 138 valence electrons. The summed E-state index contributed by atoms with van der Waals surface area (Å²) in [7, 11) is 1.62. The summed E-state index contributed by atoms with van der Waals surface area (Å²) >= 11 is 0. The van der Waals surface area contributed by atoms with Crippen LogP contribution in [-0.4, -0.2) is 19.7 Å². The van der Waals surface area contributed by atoms with Crippen molar-refractivity contribution in [3.05, 3.63) is 78.9 Å². The molecule has 0 saturated heterocycles. The van der Waals surface area contributed by atoms with E-state index in [2.05, 4.69) is 0 Å². The first-order valence-corrected chi connectivity index (χ1v) is 8.87. The van der Waals surface area contributed by atoms with Gasteiger partial charge in [0.25, 0.3) is 0 Å². The maximum absolute atomic E-state index is 12.0. The summed E-state index contributed by atoms with van der Waals surface area (Å²) in [6.07, 6.45) is 0.892. The Hall–Kier alpha value is -3.27. The quantitative estimate of drug-likeness (QED) is 0.317. The number of benzene rings is 3. The number of methoxy groups -OCH3 is 1. The van der Waals surface area contributed by atoms with Crippen LogP contribution in [-0.2, 0) is 4.79 Å². The van der Waals surface area contributed by atoms with E-state index in [1.165, 1.54) is 0 Å². The molecule has 0 heterocycles. The molecule has 0 radical (unpaired) electrons. The zero-order valence-electron chi connectivity index (χ0n) is 15.3. The van der Waals surface area contributed by atoms with Crippen LogP contribution in [0.4, 0.5) is 0 Å². The Bertz CT molecular complexity index is 840. The normalized spacial score (nSPS) is 10.3. The Morgan fingerprint density at radius 3 is 2.00 bits per heavy atom. The van der Waals surface area contributed by atoms with Crippen molar-refractivity contribution in [2.75, 3.05) is 13.7 Å². The zero-order chi connectivity index (χ0) is 18.9. The summed E-state index contributed by atoms with van der Waals surface area (Å²) in [6.45, 7) is 0.453. The van der Waals surface area contributed by atoms with Crippen molar-refractivity contribution in [3.8, 4) is 28.4 Å². The van der Waals surface area contributed by atoms with Gasteiger partial charge in [0.1, 0.15) is 17.2 Å². The highest BCUT2D eigenvalue weighted by Crippen LogP contribution is 2.22. The Morgan fingerprint density at radius 1 is 0.741 bits per heavy atom. The highest BCUT2D eigenvalue weighted by Gasteiger charge is 2.06. The van der Waals surface area contributed by atoms with Crippen LogP contribution in [0, 0.1) is 0 Å². The first-order chi connectivity index (χ1) is 13.2. The number of ether oxygens (including phenoxy) is 3. The van der Waals surface area contributed by atoms with E-state index < -0.39 is 0 Å². The van der Waals surface area contributed by atoms with Gasteiger partial charge in [0, 0.05) is 6.42 Å². The van der Waals surface area contributed by atoms with E-state index in [1.54, 1.807) is 7.11 Å². The van der Waals surface area contributed by atoms with E-state index in [-0.39, 0.29) is 5.97 Å². The Morgan fingerprint density at radius 2 is 1.33 bits per heavy atom. The van der Waals surface area contributed by atoms with Crippen LogP contribution >= 0.6 is 0 Å². The second-order valence-electron chi connectivity index (χ2n) is 5.99. The Balaban J connectivity index is 1.41. The fourth-order valence-corrected chi connectivity index (χ4v) is 2.61. The summed E-state index contributed by atoms with van der Waals surface area (Å²) in [4.78, 5) is 12.0. The summed E-state index contributed by atoms with van der Waals surface area (Å²) in [6, 6.07) is 24.9. The third-order valence-electron chi connectivity index (χ3n) is 4.05. The molecule has 0 unspecified atom stereocenters. The van der Waals surface area contributed by atoms with Gasteiger partial charge in [0.15, 0.2) is 0 Å². The number of carbonyl (C=O) groups is 1. The van der Waals surface area contributed by atoms with Crippen molar-refractivity contribution in [1.29, 1.82) is 0 Å². The first kappa shape index (κ1) is 18.5. The van der Waals surface area contributed by atoms with Gasteiger partial charge in [-0.3, -0.25) is 4.79 Å². The number of rotatable bonds is 8. The average molecular weight is 362 g/mol. The molecule has 3 aromatic rings. The van der Waals surface area contributed by atoms with Crippen LogP contribution in [0.2, 0.25) is 0 Å². The molecular weight excluding hydrogens is 340 g/mol. The molecule has 4 heteroatoms. The highest BCUT2D eigenvalue weighted by atomic mass is 16.5. The number of hydrogen-bond acceptors (Lipinski definition) is 4. The van der Waals surface area contributed by atoms with Crippen molar-refractivity contribution in [1.82, 2.24) is 0 Å². The minimum Gasteiger partial charge on any atom is -0.497 e. The summed E-state index contributed by atoms with van der Waals surface area (Å²) in [5.74, 6) is 1.82. The average Bonchev–Trinajstić information content (AvgIpc) is 2.73. The molecule has 0 atom stereocenters. The summed E-state index contributed by atoms with van der Waals surface area (Å²) in [5, 5.41) is 0. The molecule has 0 fully saturated rings. The molecule has 0 aliphatic rings. The second-order valence-corrected chi connectivity index (χ2v) is 5.99. The number of carbonyl (C=O) groups excluding carboxylic acids is 1. The Labute approximate surface area is 159 Å². The monoisotopic (exact) mass is 362 g/mol. The third-order valence-corrected chi connectivity index (χ3v) is 4.05. The topological polar surface area (TPSA) is 44.8 Å². The van der Waals surface area contributed by atoms with E-state index in [9.17, 15) is 4.79 Å². The lowest BCUT2D eigenvalue weighted by atomic mass is 10.1. The van der Waals surface area contributed by atoms with Gasteiger partial charge in [-0.25, -0.2) is 0 Å². The molecule has 3 aromatic carbocycles. The summed E-state index contributed by atoms with van der Waals surface area (Å²) < 4.78 is 16.1. The smallest absolute Gasteiger partial charge is 0.311 e. The van der Waals surface area contributed by atoms with Crippen molar-refractivity contribution >= 4 is 5.97 Å². The predicted molar refractivity (Wildman–Crippen MR) is 105 cm³/mol. The van der Waals surface area contributed by atoms with E-state index >= 15 is 0 Å². The number of esters is 1. The van der Waals surface area contributed by atoms with Crippen molar-refractivity contribution in [3.63, 3.8) is 0 Å². The molecular formula is C23H22O4. The minimum atomic E-state index is -0.263. The van der Waals surface area contributed by atoms with Gasteiger partial charge in [0.05, 0.1) is 13.7 Å². The number of hydrogen-bond donors (Lipinski definition) is 0. The van der Waals surface area contributed by atoms with Gasteiger partial charge in [-0.05, 0) is 53.9 Å². The van der Waals surface area contributed by atoms with E-state index in [4.69, 9.17) is 14.2 Å². The van der Waals surface area contributed by atoms with Gasteiger partial charge in [0.2, 0.25) is 0 Å². The van der Waals surface area contributed by atoms with Crippen LogP contribution in [0.1, 0.15) is 12.8 Å². The molecule has 0 aromatic heterocycles. The molecule has 27 heavy (non-hydrogen) atoms. The fourth-order valence-electron chi connectivity index (χ4n) is 2.61. The van der Waals surface area contributed by atoms with Gasteiger partial charge in [-0.1, -0.05) is 42.5 Å². The van der Waals surface area contributed by atoms with Crippen molar-refractivity contribution in [2.45, 2.75) is 12.8 Å². The lowest BCUT2D eigenvalue weighted by Gasteiger charge is -2.08. The fraction of sp³-hybridized carbons (Fsp3) is 0.174. The van der Waals surface area contributed by atoms with E-state index in [1.807, 2.05) is 78.9 Å². The largest absolute Gasteiger partial charge is 0.497 e. The van der Waals surface area contributed by atoms with Crippen LogP contribution in [0.15, 0.2) is 78.9 Å². The predicted octanol–water partition coefficient (Wildman–Crippen LogP) is 5.13. The van der Waals surface area contributed by atoms with Gasteiger partial charge in [-0.2, -0.15) is 0 Å². The lowest BCUT2D eigenvalue weighted by molar-refractivity contribution is -0.134. The first-order valence-electron chi connectivity index (χ1n) is 8.87. The minimum absolute atomic E-state index is 0.263. The standard InChI is InChI=1S/C23H22O4/c1-25-20-13-15-21(16-14-20)26-17-5-8-23(24)27-22-11-9-19(10-12-22)18-6-3-2-4-7-18/h2-4,6-7,9-16H,5,8,17H2,1H3. The third kappa shape index (κ3) is 5.61. The molecule has 3 rings (SSSR count). The molecule has 0 aliphatic heterocycles. The highest BCUT2D eigenvalue weighted by molar-refractivity contribution is 5.73. The van der Waals surface area contributed by atoms with Crippen LogP contribution < -0.4 is 14.2 Å². The second kappa shape index (κ2) is 9.43. The van der Waals surface area contributed by atoms with Gasteiger partial charge >= 0.3 is 5.97 Å². The molecule has 0 aliphatic carbocycles. The maximum Gasteiger partial charge on any atom is 0.311 e. The lowest BCUT2D eigenvalue weighted by Crippen LogP contribution is -2.09. The van der Waals surface area contributed by atoms with Crippen LogP contribution in [0.5, 0.6) is 17.2 Å². The molecule has 0 saturated carbocycles. The van der Waals surface area contributed by atoms with Crippen molar-refractivity contribution in [2.24, 2.45) is 0 Å². The van der Waals surface area contributed by atoms with Gasteiger partial charge < -0.3 is 14.2 Å². The zero-order valence-corrected chi connectivity index (χ0v) is 15.3. The van der Waals surface area contributed by atoms with E-state index in [0.29, 0.717) is 25.2 Å². The summed E-state index contributed by atoms with van der Waals surface area (Å²) in [5.41, 5.74) is 2.22.